The van der Waals surface area contributed by atoms with Crippen molar-refractivity contribution in [1.29, 1.82) is 0 Å². The van der Waals surface area contributed by atoms with Crippen LogP contribution in [0, 0.1) is 13.8 Å². The van der Waals surface area contributed by atoms with Gasteiger partial charge in [-0.25, -0.2) is 26.4 Å². The highest BCUT2D eigenvalue weighted by Gasteiger charge is 2.24. The van der Waals surface area contributed by atoms with Gasteiger partial charge in [0.05, 0.1) is 45.7 Å². The first-order valence-electron chi connectivity index (χ1n) is 18.4. The van der Waals surface area contributed by atoms with E-state index in [0.29, 0.717) is 54.2 Å². The molecule has 0 saturated heterocycles. The van der Waals surface area contributed by atoms with Crippen molar-refractivity contribution in [2.45, 2.75) is 37.5 Å². The van der Waals surface area contributed by atoms with E-state index in [2.05, 4.69) is 14.7 Å². The molecule has 23 heteroatoms. The number of sulfonamides is 1. The van der Waals surface area contributed by atoms with Crippen LogP contribution in [0.5, 0.6) is 23.0 Å². The minimum absolute atomic E-state index is 0.00551. The Hall–Kier alpha value is -4.75. The molecule has 0 bridgehead atoms. The van der Waals surface area contributed by atoms with Crippen LogP contribution in [-0.4, -0.2) is 52.0 Å². The van der Waals surface area contributed by atoms with E-state index >= 15 is 0 Å². The molecule has 3 N–H and O–H groups in total. The SMILES string of the molecule is CCOC(=O)c1cc(N)ccc1Oc1cncc(Cl)c1.CCOC(=O)c1cc(NS(=O)(=O)c2c(C)cc(Cl)cc2Cl)ccc1Oc1cncc(Cl)c1.Cc1cc(Cl)cc(Cl)c1S(=O)(=O)Cl. The summed E-state index contributed by atoms with van der Waals surface area (Å²) in [6.07, 6.45) is 5.84. The second-order valence-electron chi connectivity index (χ2n) is 12.9. The fourth-order valence-electron chi connectivity index (χ4n) is 5.44. The molecule has 4 aromatic carbocycles. The number of esters is 2. The summed E-state index contributed by atoms with van der Waals surface area (Å²) in [5, 5.41) is 1.50. The van der Waals surface area contributed by atoms with Crippen LogP contribution in [0.1, 0.15) is 45.7 Å². The number of carbonyl (C=O) groups is 2. The van der Waals surface area contributed by atoms with Gasteiger partial charge in [0.1, 0.15) is 43.9 Å². The zero-order valence-corrected chi connectivity index (χ0v) is 41.1. The van der Waals surface area contributed by atoms with Crippen molar-refractivity contribution in [3.63, 3.8) is 0 Å². The molecule has 6 rings (SSSR count). The predicted octanol–water partition coefficient (Wildman–Crippen LogP) is 12.6. The molecule has 6 aromatic rings. The normalized spacial score (nSPS) is 10.9. The van der Waals surface area contributed by atoms with Crippen LogP contribution in [0.15, 0.2) is 107 Å². The van der Waals surface area contributed by atoms with Crippen molar-refractivity contribution < 1.29 is 45.4 Å². The molecule has 0 aliphatic carbocycles. The van der Waals surface area contributed by atoms with Crippen LogP contribution in [0.25, 0.3) is 0 Å². The topological polar surface area (TPSA) is 203 Å². The standard InChI is InChI=1S/C21H17Cl3N2O5S.C14H13ClN2O3.C7H5Cl3O2S/c1-3-30-21(27)17-9-15(4-5-19(17)31-16-7-14(23)10-25-11-16)26-32(28,29)20-12(2)6-13(22)8-18(20)24;1-2-19-14(18)12-6-10(16)3-4-13(12)20-11-5-9(15)7-17-8-11;1-4-2-5(8)3-6(9)7(4)13(10,11)12/h4-11,26H,3H2,1-2H3;3-8H,2,16H2,1H3;2-3H,1H3. The minimum Gasteiger partial charge on any atom is -0.462 e. The first-order chi connectivity index (χ1) is 30.5. The zero-order chi connectivity index (χ0) is 48.2. The lowest BCUT2D eigenvalue weighted by Gasteiger charge is -2.15. The monoisotopic (exact) mass is 1060 g/mol. The van der Waals surface area contributed by atoms with Crippen LogP contribution in [0.3, 0.4) is 0 Å². The van der Waals surface area contributed by atoms with Gasteiger partial charge < -0.3 is 24.7 Å². The maximum Gasteiger partial charge on any atom is 0.342 e. The summed E-state index contributed by atoms with van der Waals surface area (Å²) < 4.78 is 71.8. The smallest absolute Gasteiger partial charge is 0.342 e. The molecule has 0 aliphatic heterocycles. The summed E-state index contributed by atoms with van der Waals surface area (Å²) >= 11 is 35.1. The summed E-state index contributed by atoms with van der Waals surface area (Å²) in [5.74, 6) is -0.00492. The van der Waals surface area contributed by atoms with Gasteiger partial charge in [0.2, 0.25) is 0 Å². The van der Waals surface area contributed by atoms with Gasteiger partial charge in [-0.1, -0.05) is 69.6 Å². The van der Waals surface area contributed by atoms with Gasteiger partial charge in [-0.3, -0.25) is 14.7 Å². The van der Waals surface area contributed by atoms with Gasteiger partial charge in [0, 0.05) is 56.6 Å². The second-order valence-corrected chi connectivity index (χ2v) is 19.6. The lowest BCUT2D eigenvalue weighted by atomic mass is 10.2. The molecule has 0 aliphatic rings. The lowest BCUT2D eigenvalue weighted by molar-refractivity contribution is 0.0513. The third-order valence-corrected chi connectivity index (χ3v) is 12.7. The van der Waals surface area contributed by atoms with Crippen molar-refractivity contribution >= 4 is 123 Å². The van der Waals surface area contributed by atoms with Crippen molar-refractivity contribution in [2.75, 3.05) is 23.7 Å². The van der Waals surface area contributed by atoms with E-state index in [4.69, 9.17) is 105 Å². The molecule has 0 radical (unpaired) electrons. The molecule has 0 saturated carbocycles. The Morgan fingerprint density at radius 2 is 1.05 bits per heavy atom. The van der Waals surface area contributed by atoms with E-state index in [0.717, 1.165) is 0 Å². The van der Waals surface area contributed by atoms with Crippen molar-refractivity contribution in [2.24, 2.45) is 0 Å². The van der Waals surface area contributed by atoms with E-state index in [1.165, 1.54) is 79.4 Å². The average molecular weight is 1070 g/mol. The number of pyridine rings is 2. The summed E-state index contributed by atoms with van der Waals surface area (Å²) in [7, 11) is -2.72. The van der Waals surface area contributed by atoms with Gasteiger partial charge in [0.25, 0.3) is 19.1 Å². The van der Waals surface area contributed by atoms with E-state index in [-0.39, 0.29) is 55.6 Å². The Balaban J connectivity index is 0.000000238. The van der Waals surface area contributed by atoms with Crippen molar-refractivity contribution in [1.82, 2.24) is 9.97 Å². The van der Waals surface area contributed by atoms with Gasteiger partial charge in [-0.05, 0) is 99.5 Å². The van der Waals surface area contributed by atoms with Crippen LogP contribution in [0.4, 0.5) is 11.4 Å². The molecular formula is C42H35Cl7N4O10S2. The number of nitrogens with two attached hydrogens (primary N) is 1. The number of carbonyl (C=O) groups excluding carboxylic acids is 2. The maximum absolute atomic E-state index is 13.0. The van der Waals surface area contributed by atoms with Gasteiger partial charge in [0.15, 0.2) is 0 Å². The molecule has 0 atom stereocenters. The number of anilines is 2. The highest BCUT2D eigenvalue weighted by Crippen LogP contribution is 2.35. The molecule has 2 aromatic heterocycles. The second kappa shape index (κ2) is 23.6. The number of hydrogen-bond acceptors (Lipinski definition) is 13. The molecule has 14 nitrogen and oxygen atoms in total. The molecule has 0 amide bonds. The Kier molecular flexibility index (Phi) is 19.2. The molecule has 0 spiro atoms. The first-order valence-corrected chi connectivity index (χ1v) is 24.4. The fourth-order valence-corrected chi connectivity index (χ4v) is 10.4. The minimum atomic E-state index is -4.08. The molecule has 344 valence electrons. The van der Waals surface area contributed by atoms with Gasteiger partial charge in [-0.2, -0.15) is 0 Å². The van der Waals surface area contributed by atoms with Crippen molar-refractivity contribution in [3.8, 4) is 23.0 Å². The van der Waals surface area contributed by atoms with Crippen LogP contribution in [-0.2, 0) is 28.5 Å². The van der Waals surface area contributed by atoms with Crippen LogP contribution < -0.4 is 19.9 Å². The van der Waals surface area contributed by atoms with Crippen LogP contribution in [0.2, 0.25) is 30.1 Å². The number of nitrogen functional groups attached to an aromatic ring is 1. The Bertz CT molecular complexity index is 2900. The highest BCUT2D eigenvalue weighted by atomic mass is 35.7. The summed E-state index contributed by atoms with van der Waals surface area (Å²) in [6, 6.07) is 17.7. The number of nitrogens with one attached hydrogen (secondary N) is 1. The van der Waals surface area contributed by atoms with E-state index in [9.17, 15) is 26.4 Å². The van der Waals surface area contributed by atoms with E-state index in [1.54, 1.807) is 45.9 Å². The molecular weight excluding hydrogens is 1030 g/mol. The number of benzene rings is 4. The number of aromatic nitrogens is 2. The summed E-state index contributed by atoms with van der Waals surface area (Å²) in [6.45, 7) is 6.92. The molecule has 2 heterocycles. The third-order valence-electron chi connectivity index (χ3n) is 7.94. The summed E-state index contributed by atoms with van der Waals surface area (Å²) in [5.41, 5.74) is 7.31. The number of nitrogens with zero attached hydrogens (tertiary/aromatic N) is 2. The third kappa shape index (κ3) is 15.4. The number of halogens is 7. The van der Waals surface area contributed by atoms with Crippen molar-refractivity contribution in [3.05, 3.63) is 150 Å². The number of ether oxygens (including phenoxy) is 4. The van der Waals surface area contributed by atoms with Gasteiger partial charge in [-0.15, -0.1) is 0 Å². The quantitative estimate of drug-likeness (QED) is 0.0666. The van der Waals surface area contributed by atoms with E-state index in [1.807, 2.05) is 0 Å². The number of aryl methyl sites for hydroxylation is 2. The molecule has 65 heavy (non-hydrogen) atoms. The van der Waals surface area contributed by atoms with Gasteiger partial charge >= 0.3 is 11.9 Å². The first kappa shape index (κ1) is 52.9. The highest BCUT2D eigenvalue weighted by molar-refractivity contribution is 8.13. The zero-order valence-electron chi connectivity index (χ0n) is 34.2. The molecule has 0 unspecified atom stereocenters. The Morgan fingerprint density at radius 3 is 1.48 bits per heavy atom. The summed E-state index contributed by atoms with van der Waals surface area (Å²) in [4.78, 5) is 32.0. The lowest BCUT2D eigenvalue weighted by Crippen LogP contribution is -2.16. The number of rotatable bonds is 12. The Labute approximate surface area is 409 Å². The van der Waals surface area contributed by atoms with Crippen LogP contribution >= 0.6 is 80.3 Å². The maximum atomic E-state index is 13.0. The predicted molar refractivity (Wildman–Crippen MR) is 254 cm³/mol. The largest absolute Gasteiger partial charge is 0.462 e. The average Bonchev–Trinajstić information content (AvgIpc) is 3.18. The number of hydrogen-bond donors (Lipinski definition) is 2. The molecule has 0 fully saturated rings. The Morgan fingerprint density at radius 1 is 0.600 bits per heavy atom. The van der Waals surface area contributed by atoms with E-state index < -0.39 is 31.0 Å². The fraction of sp³-hybridized carbons (Fsp3) is 0.143.